The summed E-state index contributed by atoms with van der Waals surface area (Å²) >= 11 is 0. The molecule has 2 N–H and O–H groups in total. The number of aliphatic hydroxyl groups is 1. The number of rotatable bonds is 3. The smallest absolute Gasteiger partial charge is 0.343 e. The summed E-state index contributed by atoms with van der Waals surface area (Å²) in [4.78, 5) is 45.6. The van der Waals surface area contributed by atoms with Crippen molar-refractivity contribution in [2.75, 3.05) is 16.8 Å². The summed E-state index contributed by atoms with van der Waals surface area (Å²) in [6, 6.07) is 7.04. The SMILES string of the molecule is CC[C@@]1(O)C(=O)OCc2c1cc1n(c2=O)Cc2c-1nc1cccc3c1c2N(CC(C)C)C(=O)N3. The molecule has 0 saturated heterocycles. The first kappa shape index (κ1) is 20.9. The number of benzene rings is 1. The molecule has 0 spiro atoms. The zero-order valence-corrected chi connectivity index (χ0v) is 19.1. The Morgan fingerprint density at radius 1 is 1.24 bits per heavy atom. The minimum Gasteiger partial charge on any atom is -0.458 e. The second-order valence-corrected chi connectivity index (χ2v) is 9.52. The van der Waals surface area contributed by atoms with E-state index in [2.05, 4.69) is 5.32 Å². The average Bonchev–Trinajstić information content (AvgIpc) is 3.17. The van der Waals surface area contributed by atoms with Crippen LogP contribution in [0.15, 0.2) is 29.1 Å². The molecule has 2 amide bonds. The summed E-state index contributed by atoms with van der Waals surface area (Å²) in [5.41, 5.74) is 2.38. The van der Waals surface area contributed by atoms with E-state index >= 15 is 0 Å². The maximum atomic E-state index is 13.5. The van der Waals surface area contributed by atoms with Crippen LogP contribution in [0.1, 0.15) is 43.9 Å². The van der Waals surface area contributed by atoms with E-state index in [1.54, 1.807) is 22.5 Å². The molecule has 0 unspecified atom stereocenters. The number of urea groups is 1. The monoisotopic (exact) mass is 460 g/mol. The molecule has 0 aliphatic carbocycles. The number of pyridine rings is 2. The first-order chi connectivity index (χ1) is 16.2. The van der Waals surface area contributed by atoms with E-state index in [-0.39, 0.29) is 48.2 Å². The maximum Gasteiger partial charge on any atom is 0.343 e. The number of ether oxygens (including phenoxy) is 1. The third-order valence-corrected chi connectivity index (χ3v) is 6.99. The van der Waals surface area contributed by atoms with Crippen molar-refractivity contribution in [3.63, 3.8) is 0 Å². The Hall–Kier alpha value is -3.72. The van der Waals surface area contributed by atoms with Gasteiger partial charge in [0.25, 0.3) is 5.56 Å². The van der Waals surface area contributed by atoms with Crippen LogP contribution in [0.5, 0.6) is 0 Å². The van der Waals surface area contributed by atoms with E-state index in [4.69, 9.17) is 9.72 Å². The molecule has 0 radical (unpaired) electrons. The van der Waals surface area contributed by atoms with Crippen LogP contribution in [0.4, 0.5) is 16.2 Å². The standard InChI is InChI=1S/C25H24N4O5/c1-4-25(33)15-8-18-20-13(10-28(18)22(30)14(15)11-34-23(25)31)21-19-16(26-20)6-5-7-17(19)27-24(32)29(21)9-12(2)3/h5-8,12,33H,4,9-11H2,1-3H3,(H,27,32)/t25-/m0/s1. The fourth-order valence-corrected chi connectivity index (χ4v) is 5.33. The van der Waals surface area contributed by atoms with Crippen LogP contribution < -0.4 is 15.8 Å². The normalized spacial score (nSPS) is 20.2. The lowest BCUT2D eigenvalue weighted by atomic mass is 9.86. The third-order valence-electron chi connectivity index (χ3n) is 6.99. The van der Waals surface area contributed by atoms with Crippen molar-refractivity contribution in [3.05, 3.63) is 51.3 Å². The van der Waals surface area contributed by atoms with E-state index in [1.807, 2.05) is 32.0 Å². The number of aromatic nitrogens is 2. The molecule has 1 aromatic carbocycles. The first-order valence-electron chi connectivity index (χ1n) is 11.5. The highest BCUT2D eigenvalue weighted by Crippen LogP contribution is 2.46. The van der Waals surface area contributed by atoms with Gasteiger partial charge in [-0.15, -0.1) is 0 Å². The minimum absolute atomic E-state index is 0.0800. The highest BCUT2D eigenvalue weighted by atomic mass is 16.6. The van der Waals surface area contributed by atoms with Crippen molar-refractivity contribution in [3.8, 4) is 11.4 Å². The van der Waals surface area contributed by atoms with E-state index in [0.29, 0.717) is 29.1 Å². The molecule has 2 aromatic heterocycles. The molecule has 34 heavy (non-hydrogen) atoms. The molecule has 5 heterocycles. The average molecular weight is 460 g/mol. The summed E-state index contributed by atoms with van der Waals surface area (Å²) in [5.74, 6) is -0.535. The number of nitrogens with one attached hydrogen (secondary N) is 1. The van der Waals surface area contributed by atoms with Crippen LogP contribution >= 0.6 is 0 Å². The lowest BCUT2D eigenvalue weighted by Gasteiger charge is -2.32. The van der Waals surface area contributed by atoms with Gasteiger partial charge in [-0.05, 0) is 30.5 Å². The predicted octanol–water partition coefficient (Wildman–Crippen LogP) is 3.09. The number of carbonyl (C=O) groups is 2. The topological polar surface area (TPSA) is 114 Å². The van der Waals surface area contributed by atoms with Crippen LogP contribution in [0.3, 0.4) is 0 Å². The Labute approximate surface area is 195 Å². The lowest BCUT2D eigenvalue weighted by Crippen LogP contribution is -2.44. The summed E-state index contributed by atoms with van der Waals surface area (Å²) in [6.07, 6.45) is 0.0800. The molecule has 6 rings (SSSR count). The molecule has 0 bridgehead atoms. The highest BCUT2D eigenvalue weighted by Gasteiger charge is 2.46. The zero-order valence-electron chi connectivity index (χ0n) is 19.1. The van der Waals surface area contributed by atoms with Gasteiger partial charge in [0, 0.05) is 23.1 Å². The molecule has 9 nitrogen and oxygen atoms in total. The number of hydrogen-bond donors (Lipinski definition) is 2. The van der Waals surface area contributed by atoms with Crippen molar-refractivity contribution in [1.29, 1.82) is 0 Å². The molecular formula is C25H24N4O5. The van der Waals surface area contributed by atoms with Crippen molar-refractivity contribution >= 4 is 34.3 Å². The zero-order chi connectivity index (χ0) is 23.9. The number of fused-ring (bicyclic) bond motifs is 5. The fourth-order valence-electron chi connectivity index (χ4n) is 5.33. The number of hydrogen-bond acceptors (Lipinski definition) is 6. The van der Waals surface area contributed by atoms with Gasteiger partial charge in [-0.3, -0.25) is 9.69 Å². The Morgan fingerprint density at radius 2 is 2.03 bits per heavy atom. The molecule has 0 fully saturated rings. The summed E-state index contributed by atoms with van der Waals surface area (Å²) in [7, 11) is 0. The Morgan fingerprint density at radius 3 is 2.76 bits per heavy atom. The molecule has 9 heteroatoms. The van der Waals surface area contributed by atoms with Crippen molar-refractivity contribution in [2.24, 2.45) is 5.92 Å². The van der Waals surface area contributed by atoms with E-state index in [0.717, 1.165) is 16.6 Å². The third kappa shape index (κ3) is 2.58. The molecule has 174 valence electrons. The first-order valence-corrected chi connectivity index (χ1v) is 11.5. The van der Waals surface area contributed by atoms with E-state index in [1.165, 1.54) is 0 Å². The van der Waals surface area contributed by atoms with Crippen LogP contribution in [0, 0.1) is 5.92 Å². The summed E-state index contributed by atoms with van der Waals surface area (Å²) in [5, 5.41) is 14.9. The summed E-state index contributed by atoms with van der Waals surface area (Å²) in [6.45, 7) is 6.33. The number of esters is 1. The van der Waals surface area contributed by atoms with Gasteiger partial charge in [0.15, 0.2) is 5.60 Å². The van der Waals surface area contributed by atoms with E-state index in [9.17, 15) is 19.5 Å². The fraction of sp³-hybridized carbons (Fsp3) is 0.360. The number of anilines is 2. The van der Waals surface area contributed by atoms with Crippen LogP contribution in [0.2, 0.25) is 0 Å². The highest BCUT2D eigenvalue weighted by molar-refractivity contribution is 6.19. The molecule has 0 saturated carbocycles. The summed E-state index contributed by atoms with van der Waals surface area (Å²) < 4.78 is 6.76. The van der Waals surface area contributed by atoms with Crippen LogP contribution in [-0.2, 0) is 28.3 Å². The van der Waals surface area contributed by atoms with Crippen molar-refractivity contribution < 1.29 is 19.4 Å². The van der Waals surface area contributed by atoms with Gasteiger partial charge in [-0.1, -0.05) is 26.8 Å². The largest absolute Gasteiger partial charge is 0.458 e. The van der Waals surface area contributed by atoms with Gasteiger partial charge >= 0.3 is 12.0 Å². The molecule has 1 atom stereocenters. The van der Waals surface area contributed by atoms with Gasteiger partial charge in [0.1, 0.15) is 6.61 Å². The number of nitrogens with zero attached hydrogens (tertiary/aromatic N) is 3. The number of carbonyl (C=O) groups excluding carboxylic acids is 2. The molecular weight excluding hydrogens is 436 g/mol. The second kappa shape index (κ2) is 6.89. The van der Waals surface area contributed by atoms with Gasteiger partial charge in [-0.25, -0.2) is 14.6 Å². The lowest BCUT2D eigenvalue weighted by molar-refractivity contribution is -0.172. The minimum atomic E-state index is -1.88. The van der Waals surface area contributed by atoms with Gasteiger partial charge in [0.05, 0.1) is 40.4 Å². The van der Waals surface area contributed by atoms with Crippen molar-refractivity contribution in [2.45, 2.75) is 45.9 Å². The Balaban J connectivity index is 1.67. The molecule has 3 aliphatic rings. The van der Waals surface area contributed by atoms with Crippen LogP contribution in [-0.4, -0.2) is 33.2 Å². The predicted molar refractivity (Wildman–Crippen MR) is 126 cm³/mol. The van der Waals surface area contributed by atoms with Gasteiger partial charge in [0.2, 0.25) is 0 Å². The van der Waals surface area contributed by atoms with Crippen LogP contribution in [0.25, 0.3) is 22.3 Å². The number of cyclic esters (lactones) is 1. The van der Waals surface area contributed by atoms with Gasteiger partial charge < -0.3 is 19.7 Å². The van der Waals surface area contributed by atoms with Crippen molar-refractivity contribution in [1.82, 2.24) is 9.55 Å². The molecule has 3 aliphatic heterocycles. The number of amides is 2. The Bertz CT molecular complexity index is 1490. The maximum absolute atomic E-state index is 13.5. The van der Waals surface area contributed by atoms with Gasteiger partial charge in [-0.2, -0.15) is 0 Å². The quantitative estimate of drug-likeness (QED) is 0.454. The molecule has 3 aromatic rings. The van der Waals surface area contributed by atoms with E-state index < -0.39 is 11.6 Å². The Kier molecular flexibility index (Phi) is 4.23. The second-order valence-electron chi connectivity index (χ2n) is 9.52.